The van der Waals surface area contributed by atoms with E-state index in [4.69, 9.17) is 19.4 Å². The summed E-state index contributed by atoms with van der Waals surface area (Å²) in [4.78, 5) is 13.9. The number of aromatic nitrogens is 3. The SMILES string of the molecule is CCc1cc(OC(C)C)ncc1-c1nc(OC)c(NC(CC)CC)nc1C. The second-order valence-electron chi connectivity index (χ2n) is 6.87. The van der Waals surface area contributed by atoms with Crippen molar-refractivity contribution in [2.45, 2.75) is 73.0 Å². The number of ether oxygens (including phenoxy) is 2. The van der Waals surface area contributed by atoms with Crippen molar-refractivity contribution in [2.75, 3.05) is 12.4 Å². The molecule has 27 heavy (non-hydrogen) atoms. The highest BCUT2D eigenvalue weighted by Crippen LogP contribution is 2.31. The lowest BCUT2D eigenvalue weighted by atomic mass is 10.0. The van der Waals surface area contributed by atoms with Gasteiger partial charge in [0.05, 0.1) is 24.6 Å². The van der Waals surface area contributed by atoms with E-state index in [1.54, 1.807) is 7.11 Å². The van der Waals surface area contributed by atoms with E-state index in [1.165, 1.54) is 0 Å². The number of hydrogen-bond acceptors (Lipinski definition) is 6. The Labute approximate surface area is 162 Å². The maximum atomic E-state index is 5.73. The average molecular weight is 373 g/mol. The summed E-state index contributed by atoms with van der Waals surface area (Å²) in [5, 5.41) is 3.44. The molecule has 0 radical (unpaired) electrons. The van der Waals surface area contributed by atoms with Crippen LogP contribution in [0.15, 0.2) is 12.3 Å². The number of rotatable bonds is 9. The lowest BCUT2D eigenvalue weighted by Gasteiger charge is -2.19. The molecular weight excluding hydrogens is 340 g/mol. The van der Waals surface area contributed by atoms with Gasteiger partial charge in [-0.15, -0.1) is 0 Å². The number of pyridine rings is 1. The molecule has 6 nitrogen and oxygen atoms in total. The average Bonchev–Trinajstić information content (AvgIpc) is 2.65. The molecule has 2 rings (SSSR count). The van der Waals surface area contributed by atoms with Crippen molar-refractivity contribution in [3.63, 3.8) is 0 Å². The standard InChI is InChI=1S/C21H32N4O2/c1-8-15-11-18(27-13(4)5)22-12-17(15)19-14(6)23-20(21(25-19)26-7)24-16(9-2)10-3/h11-13,16H,8-10H2,1-7H3,(H,23,24). The van der Waals surface area contributed by atoms with Gasteiger partial charge >= 0.3 is 0 Å². The molecular formula is C21H32N4O2. The first-order valence-corrected chi connectivity index (χ1v) is 9.78. The highest BCUT2D eigenvalue weighted by Gasteiger charge is 2.18. The third kappa shape index (κ3) is 5.08. The molecule has 148 valence electrons. The van der Waals surface area contributed by atoms with Crippen LogP contribution in [-0.2, 0) is 6.42 Å². The van der Waals surface area contributed by atoms with Gasteiger partial charge in [-0.05, 0) is 45.6 Å². The van der Waals surface area contributed by atoms with Gasteiger partial charge in [-0.1, -0.05) is 20.8 Å². The van der Waals surface area contributed by atoms with E-state index in [0.29, 0.717) is 23.6 Å². The van der Waals surface area contributed by atoms with Gasteiger partial charge in [-0.25, -0.2) is 15.0 Å². The zero-order valence-corrected chi connectivity index (χ0v) is 17.6. The number of nitrogens with zero attached hydrogens (tertiary/aromatic N) is 3. The first-order chi connectivity index (χ1) is 12.9. The Kier molecular flexibility index (Phi) is 7.39. The highest BCUT2D eigenvalue weighted by molar-refractivity contribution is 5.68. The minimum absolute atomic E-state index is 0.0881. The van der Waals surface area contributed by atoms with Crippen LogP contribution in [0.3, 0.4) is 0 Å². The van der Waals surface area contributed by atoms with Crippen LogP contribution in [0.25, 0.3) is 11.3 Å². The monoisotopic (exact) mass is 372 g/mol. The molecule has 0 aliphatic carbocycles. The molecule has 2 aromatic heterocycles. The van der Waals surface area contributed by atoms with Crippen molar-refractivity contribution in [3.05, 3.63) is 23.5 Å². The molecule has 6 heteroatoms. The number of nitrogens with one attached hydrogen (secondary N) is 1. The van der Waals surface area contributed by atoms with Gasteiger partial charge in [-0.3, -0.25) is 0 Å². The van der Waals surface area contributed by atoms with Crippen LogP contribution < -0.4 is 14.8 Å². The van der Waals surface area contributed by atoms with Crippen LogP contribution in [0, 0.1) is 6.92 Å². The summed E-state index contributed by atoms with van der Waals surface area (Å²) in [5.74, 6) is 1.83. The minimum atomic E-state index is 0.0881. The zero-order valence-electron chi connectivity index (χ0n) is 17.6. The molecule has 0 spiro atoms. The predicted molar refractivity (Wildman–Crippen MR) is 110 cm³/mol. The van der Waals surface area contributed by atoms with Crippen LogP contribution in [0.5, 0.6) is 11.8 Å². The summed E-state index contributed by atoms with van der Waals surface area (Å²) in [6.07, 6.45) is 4.79. The van der Waals surface area contributed by atoms with Crippen molar-refractivity contribution in [1.29, 1.82) is 0 Å². The molecule has 2 heterocycles. The molecule has 0 amide bonds. The largest absolute Gasteiger partial charge is 0.478 e. The maximum absolute atomic E-state index is 5.73. The first kappa shape index (κ1) is 20.9. The lowest BCUT2D eigenvalue weighted by Crippen LogP contribution is -2.19. The van der Waals surface area contributed by atoms with Crippen LogP contribution in [0.1, 0.15) is 58.7 Å². The third-order valence-electron chi connectivity index (χ3n) is 4.51. The van der Waals surface area contributed by atoms with E-state index in [-0.39, 0.29) is 6.10 Å². The fraction of sp³-hybridized carbons (Fsp3) is 0.571. The molecule has 0 aliphatic rings. The zero-order chi connectivity index (χ0) is 20.0. The van der Waals surface area contributed by atoms with Gasteiger partial charge < -0.3 is 14.8 Å². The topological polar surface area (TPSA) is 69.2 Å². The van der Waals surface area contributed by atoms with Crippen molar-refractivity contribution in [2.24, 2.45) is 0 Å². The summed E-state index contributed by atoms with van der Waals surface area (Å²) < 4.78 is 11.2. The van der Waals surface area contributed by atoms with E-state index in [9.17, 15) is 0 Å². The van der Waals surface area contributed by atoms with Gasteiger partial charge in [0.25, 0.3) is 5.88 Å². The van der Waals surface area contributed by atoms with E-state index in [2.05, 4.69) is 31.1 Å². The molecule has 0 saturated carbocycles. The molecule has 0 saturated heterocycles. The van der Waals surface area contributed by atoms with Crippen LogP contribution in [0.4, 0.5) is 5.82 Å². The Morgan fingerprint density at radius 1 is 1.11 bits per heavy atom. The van der Waals surface area contributed by atoms with Gasteiger partial charge in [0.1, 0.15) is 0 Å². The van der Waals surface area contributed by atoms with E-state index in [0.717, 1.165) is 41.8 Å². The Hall–Kier alpha value is -2.37. The fourth-order valence-electron chi connectivity index (χ4n) is 2.97. The van der Waals surface area contributed by atoms with Gasteiger partial charge in [0.15, 0.2) is 5.82 Å². The van der Waals surface area contributed by atoms with Gasteiger partial charge in [0.2, 0.25) is 5.88 Å². The molecule has 0 aromatic carbocycles. The number of methoxy groups -OCH3 is 1. The number of hydrogen-bond donors (Lipinski definition) is 1. The summed E-state index contributed by atoms with van der Waals surface area (Å²) in [7, 11) is 1.62. The number of aryl methyl sites for hydroxylation is 2. The van der Waals surface area contributed by atoms with Crippen molar-refractivity contribution < 1.29 is 9.47 Å². The lowest BCUT2D eigenvalue weighted by molar-refractivity contribution is 0.232. The Morgan fingerprint density at radius 3 is 2.37 bits per heavy atom. The van der Waals surface area contributed by atoms with Crippen LogP contribution in [0.2, 0.25) is 0 Å². The molecule has 0 aliphatic heterocycles. The van der Waals surface area contributed by atoms with Crippen LogP contribution in [-0.4, -0.2) is 34.2 Å². The third-order valence-corrected chi connectivity index (χ3v) is 4.51. The van der Waals surface area contributed by atoms with E-state index in [1.807, 2.05) is 33.0 Å². The molecule has 1 N–H and O–H groups in total. The van der Waals surface area contributed by atoms with Crippen LogP contribution >= 0.6 is 0 Å². The van der Waals surface area contributed by atoms with E-state index < -0.39 is 0 Å². The summed E-state index contributed by atoms with van der Waals surface area (Å²) in [5.41, 5.74) is 3.73. The molecule has 2 aromatic rings. The second-order valence-corrected chi connectivity index (χ2v) is 6.87. The molecule has 0 atom stereocenters. The Bertz CT molecular complexity index is 758. The second kappa shape index (κ2) is 9.53. The van der Waals surface area contributed by atoms with Gasteiger partial charge in [0, 0.05) is 23.9 Å². The van der Waals surface area contributed by atoms with Gasteiger partial charge in [-0.2, -0.15) is 0 Å². The van der Waals surface area contributed by atoms with E-state index >= 15 is 0 Å². The summed E-state index contributed by atoms with van der Waals surface area (Å²) >= 11 is 0. The smallest absolute Gasteiger partial charge is 0.257 e. The summed E-state index contributed by atoms with van der Waals surface area (Å²) in [6.45, 7) is 12.4. The first-order valence-electron chi connectivity index (χ1n) is 9.78. The highest BCUT2D eigenvalue weighted by atomic mass is 16.5. The van der Waals surface area contributed by atoms with Crippen molar-refractivity contribution in [3.8, 4) is 23.0 Å². The maximum Gasteiger partial charge on any atom is 0.257 e. The molecule has 0 unspecified atom stereocenters. The summed E-state index contributed by atoms with van der Waals surface area (Å²) in [6, 6.07) is 2.33. The van der Waals surface area contributed by atoms with Crippen molar-refractivity contribution in [1.82, 2.24) is 15.0 Å². The normalized spacial score (nSPS) is 11.1. The minimum Gasteiger partial charge on any atom is -0.478 e. The Morgan fingerprint density at radius 2 is 1.81 bits per heavy atom. The molecule has 0 fully saturated rings. The molecule has 0 bridgehead atoms. The Balaban J connectivity index is 2.46. The predicted octanol–water partition coefficient (Wildman–Crippen LogP) is 4.81. The fourth-order valence-corrected chi connectivity index (χ4v) is 2.97. The quantitative estimate of drug-likeness (QED) is 0.681. The van der Waals surface area contributed by atoms with Crippen molar-refractivity contribution >= 4 is 5.82 Å². The number of anilines is 1.